The number of fused-ring (bicyclic) bond motifs is 1. The minimum Gasteiger partial charge on any atom is -0.508 e. The fourth-order valence-corrected chi connectivity index (χ4v) is 4.88. The van der Waals surface area contributed by atoms with Gasteiger partial charge in [0.2, 0.25) is 0 Å². The van der Waals surface area contributed by atoms with E-state index in [1.807, 2.05) is 48.5 Å². The summed E-state index contributed by atoms with van der Waals surface area (Å²) in [6.07, 6.45) is 21.0. The Morgan fingerprint density at radius 3 is 1.61 bits per heavy atom. The molecule has 0 heterocycles. The first-order valence-corrected chi connectivity index (χ1v) is 14.6. The van der Waals surface area contributed by atoms with Crippen molar-refractivity contribution in [1.29, 1.82) is 0 Å². The van der Waals surface area contributed by atoms with Gasteiger partial charge in [-0.1, -0.05) is 139 Å². The van der Waals surface area contributed by atoms with Gasteiger partial charge in [0.05, 0.1) is 0 Å². The van der Waals surface area contributed by atoms with Gasteiger partial charge in [0, 0.05) is 5.39 Å². The Morgan fingerprint density at radius 2 is 0.972 bits per heavy atom. The van der Waals surface area contributed by atoms with E-state index in [1.165, 1.54) is 101 Å². The van der Waals surface area contributed by atoms with E-state index in [0.29, 0.717) is 11.5 Å². The molecule has 0 amide bonds. The van der Waals surface area contributed by atoms with Gasteiger partial charge in [0.1, 0.15) is 11.5 Å². The largest absolute Gasteiger partial charge is 0.508 e. The second-order valence-electron chi connectivity index (χ2n) is 10.2. The maximum Gasteiger partial charge on any atom is 0.123 e. The zero-order valence-electron chi connectivity index (χ0n) is 23.0. The van der Waals surface area contributed by atoms with Crippen LogP contribution in [0.1, 0.15) is 115 Å². The van der Waals surface area contributed by atoms with E-state index >= 15 is 0 Å². The Labute approximate surface area is 220 Å². The molecule has 0 aliphatic heterocycles. The van der Waals surface area contributed by atoms with Gasteiger partial charge in [-0.25, -0.2) is 0 Å². The first-order chi connectivity index (χ1) is 17.7. The average molecular weight is 491 g/mol. The topological polar surface area (TPSA) is 40.5 Å². The van der Waals surface area contributed by atoms with Gasteiger partial charge in [-0.05, 0) is 54.3 Å². The predicted molar refractivity (Wildman–Crippen MR) is 157 cm³/mol. The van der Waals surface area contributed by atoms with Gasteiger partial charge in [-0.15, -0.1) is 0 Å². The van der Waals surface area contributed by atoms with E-state index in [9.17, 15) is 10.2 Å². The summed E-state index contributed by atoms with van der Waals surface area (Å²) in [4.78, 5) is 0. The summed E-state index contributed by atoms with van der Waals surface area (Å²) in [5.74, 6) is 0.870. The zero-order valence-corrected chi connectivity index (χ0v) is 23.0. The second kappa shape index (κ2) is 18.7. The Hall–Kier alpha value is -2.48. The molecular weight excluding hydrogens is 440 g/mol. The van der Waals surface area contributed by atoms with Gasteiger partial charge in [0.15, 0.2) is 0 Å². The van der Waals surface area contributed by atoms with Crippen molar-refractivity contribution in [3.05, 3.63) is 71.8 Å². The number of hydrogen-bond donors (Lipinski definition) is 2. The van der Waals surface area contributed by atoms with E-state index in [1.54, 1.807) is 6.07 Å². The van der Waals surface area contributed by atoms with Gasteiger partial charge < -0.3 is 10.2 Å². The predicted octanol–water partition coefficient (Wildman–Crippen LogP) is 10.5. The quantitative estimate of drug-likeness (QED) is 0.196. The lowest BCUT2D eigenvalue weighted by Crippen LogP contribution is -1.96. The monoisotopic (exact) mass is 490 g/mol. The van der Waals surface area contributed by atoms with Gasteiger partial charge in [0.25, 0.3) is 0 Å². The molecule has 0 spiro atoms. The first-order valence-electron chi connectivity index (χ1n) is 14.6. The van der Waals surface area contributed by atoms with Crippen molar-refractivity contribution in [3.63, 3.8) is 0 Å². The summed E-state index contributed by atoms with van der Waals surface area (Å²) in [6, 6.07) is 19.4. The Bertz CT molecular complexity index is 957. The molecule has 2 N–H and O–H groups in total. The number of aryl methyl sites for hydroxylation is 1. The zero-order chi connectivity index (χ0) is 25.8. The summed E-state index contributed by atoms with van der Waals surface area (Å²) in [6.45, 7) is 4.54. The number of phenolic OH excluding ortho intramolecular Hbond substituents is 2. The Kier molecular flexibility index (Phi) is 15.5. The Balaban J connectivity index is 0.000000340. The molecular formula is C34H50O2. The van der Waals surface area contributed by atoms with Crippen molar-refractivity contribution in [3.8, 4) is 11.5 Å². The number of rotatable bonds is 16. The summed E-state index contributed by atoms with van der Waals surface area (Å²) in [5, 5.41) is 21.6. The molecule has 0 atom stereocenters. The molecule has 0 unspecified atom stereocenters. The van der Waals surface area contributed by atoms with Gasteiger partial charge >= 0.3 is 0 Å². The summed E-state index contributed by atoms with van der Waals surface area (Å²) in [5.41, 5.74) is 2.61. The van der Waals surface area contributed by atoms with Crippen LogP contribution in [0.25, 0.3) is 10.8 Å². The standard InChI is InChI=1S/C24H42O.C10H8O/c1-3-5-7-9-11-13-15-18-22-19-17-21-24(25)23(22)20-16-14-12-10-8-6-4-2;11-10-7-3-5-8-4-1-2-6-9(8)10/h17,19,21,25H,3-16,18,20H2,1-2H3;1-7,11H. The number of aromatic hydroxyl groups is 2. The van der Waals surface area contributed by atoms with Crippen LogP contribution in [0.2, 0.25) is 0 Å². The molecule has 0 aromatic heterocycles. The van der Waals surface area contributed by atoms with Crippen LogP contribution in [0.4, 0.5) is 0 Å². The van der Waals surface area contributed by atoms with Crippen molar-refractivity contribution in [2.75, 3.05) is 0 Å². The normalized spacial score (nSPS) is 10.8. The first kappa shape index (κ1) is 29.7. The highest BCUT2D eigenvalue weighted by Crippen LogP contribution is 2.26. The molecule has 0 aliphatic rings. The molecule has 3 aromatic carbocycles. The number of benzene rings is 3. The molecule has 0 saturated carbocycles. The third kappa shape index (κ3) is 11.5. The van der Waals surface area contributed by atoms with Crippen molar-refractivity contribution in [1.82, 2.24) is 0 Å². The smallest absolute Gasteiger partial charge is 0.123 e. The minimum atomic E-state index is 0.350. The maximum absolute atomic E-state index is 10.3. The summed E-state index contributed by atoms with van der Waals surface area (Å²) < 4.78 is 0. The Morgan fingerprint density at radius 1 is 0.472 bits per heavy atom. The van der Waals surface area contributed by atoms with Crippen LogP contribution in [0.15, 0.2) is 60.7 Å². The molecule has 198 valence electrons. The average Bonchev–Trinajstić information content (AvgIpc) is 2.89. The van der Waals surface area contributed by atoms with E-state index in [4.69, 9.17) is 0 Å². The lowest BCUT2D eigenvalue weighted by Gasteiger charge is -2.12. The van der Waals surface area contributed by atoms with Crippen LogP contribution in [-0.2, 0) is 12.8 Å². The van der Waals surface area contributed by atoms with Crippen LogP contribution in [-0.4, -0.2) is 10.2 Å². The van der Waals surface area contributed by atoms with E-state index in [2.05, 4.69) is 19.9 Å². The fraction of sp³-hybridized carbons (Fsp3) is 0.529. The van der Waals surface area contributed by atoms with Crippen LogP contribution < -0.4 is 0 Å². The highest BCUT2D eigenvalue weighted by atomic mass is 16.3. The molecule has 0 radical (unpaired) electrons. The summed E-state index contributed by atoms with van der Waals surface area (Å²) in [7, 11) is 0. The number of hydrogen-bond acceptors (Lipinski definition) is 2. The highest BCUT2D eigenvalue weighted by molar-refractivity contribution is 5.87. The second-order valence-corrected chi connectivity index (χ2v) is 10.2. The summed E-state index contributed by atoms with van der Waals surface area (Å²) >= 11 is 0. The third-order valence-corrected chi connectivity index (χ3v) is 7.09. The molecule has 0 aliphatic carbocycles. The molecule has 3 aromatic rings. The fourth-order valence-electron chi connectivity index (χ4n) is 4.88. The maximum atomic E-state index is 10.3. The number of unbranched alkanes of at least 4 members (excludes halogenated alkanes) is 12. The molecule has 36 heavy (non-hydrogen) atoms. The molecule has 0 bridgehead atoms. The SMILES string of the molecule is CCCCCCCCCc1cccc(O)c1CCCCCCCCC.Oc1cccc2ccccc12. The van der Waals surface area contributed by atoms with E-state index < -0.39 is 0 Å². The van der Waals surface area contributed by atoms with Gasteiger partial charge in [-0.2, -0.15) is 0 Å². The molecule has 0 saturated heterocycles. The lowest BCUT2D eigenvalue weighted by molar-refractivity contribution is 0.464. The van der Waals surface area contributed by atoms with E-state index in [-0.39, 0.29) is 0 Å². The molecule has 2 heteroatoms. The molecule has 0 fully saturated rings. The van der Waals surface area contributed by atoms with Crippen molar-refractivity contribution in [2.24, 2.45) is 0 Å². The van der Waals surface area contributed by atoms with E-state index in [0.717, 1.165) is 23.6 Å². The van der Waals surface area contributed by atoms with Crippen LogP contribution in [0.5, 0.6) is 11.5 Å². The third-order valence-electron chi connectivity index (χ3n) is 7.09. The van der Waals surface area contributed by atoms with Crippen LogP contribution in [0, 0.1) is 0 Å². The van der Waals surface area contributed by atoms with Crippen LogP contribution >= 0.6 is 0 Å². The van der Waals surface area contributed by atoms with Crippen molar-refractivity contribution in [2.45, 2.75) is 117 Å². The molecule has 3 rings (SSSR count). The van der Waals surface area contributed by atoms with Crippen molar-refractivity contribution < 1.29 is 10.2 Å². The van der Waals surface area contributed by atoms with Gasteiger partial charge in [-0.3, -0.25) is 0 Å². The minimum absolute atomic E-state index is 0.350. The molecule has 2 nitrogen and oxygen atoms in total. The number of phenols is 2. The van der Waals surface area contributed by atoms with Crippen LogP contribution in [0.3, 0.4) is 0 Å². The lowest BCUT2D eigenvalue weighted by atomic mass is 9.95. The highest BCUT2D eigenvalue weighted by Gasteiger charge is 2.07. The van der Waals surface area contributed by atoms with Crippen molar-refractivity contribution >= 4 is 10.8 Å².